The van der Waals surface area contributed by atoms with Crippen LogP contribution in [0, 0.1) is 5.92 Å². The van der Waals surface area contributed by atoms with Gasteiger partial charge in [-0.3, -0.25) is 4.98 Å². The molecule has 0 spiro atoms. The smallest absolute Gasteiger partial charge is 0.145 e. The van der Waals surface area contributed by atoms with E-state index in [-0.39, 0.29) is 12.0 Å². The van der Waals surface area contributed by atoms with Gasteiger partial charge in [-0.15, -0.1) is 0 Å². The van der Waals surface area contributed by atoms with E-state index in [2.05, 4.69) is 19.9 Å². The highest BCUT2D eigenvalue weighted by atomic mass is 16.3. The quantitative estimate of drug-likeness (QED) is 0.399. The molecular formula is C21H23N7O2. The lowest BCUT2D eigenvalue weighted by molar-refractivity contribution is 0.00545. The first kappa shape index (κ1) is 18.7. The molecule has 0 radical (unpaired) electrons. The van der Waals surface area contributed by atoms with Crippen LogP contribution in [0.5, 0.6) is 0 Å². The average molecular weight is 405 g/mol. The first-order chi connectivity index (χ1) is 14.5. The number of rotatable bonds is 4. The fourth-order valence-corrected chi connectivity index (χ4v) is 4.50. The molecule has 0 amide bonds. The van der Waals surface area contributed by atoms with Crippen LogP contribution >= 0.6 is 0 Å². The maximum Gasteiger partial charge on any atom is 0.145 e. The molecule has 9 nitrogen and oxygen atoms in total. The zero-order valence-corrected chi connectivity index (χ0v) is 16.3. The summed E-state index contributed by atoms with van der Waals surface area (Å²) >= 11 is 0. The summed E-state index contributed by atoms with van der Waals surface area (Å²) in [6, 6.07) is 7.50. The topological polar surface area (TPSA) is 149 Å². The highest BCUT2D eigenvalue weighted by Gasteiger charge is 2.42. The van der Waals surface area contributed by atoms with E-state index in [9.17, 15) is 10.2 Å². The minimum atomic E-state index is -0.871. The summed E-state index contributed by atoms with van der Waals surface area (Å²) in [6.07, 6.45) is 5.29. The van der Waals surface area contributed by atoms with Crippen LogP contribution < -0.4 is 11.5 Å². The Morgan fingerprint density at radius 3 is 2.77 bits per heavy atom. The van der Waals surface area contributed by atoms with Crippen LogP contribution in [0.1, 0.15) is 24.4 Å². The SMILES string of the molecule is Nc1cnc2ccc(CC[C@H]3C[C@@H](n4ccc5c(N)ncnc54)[C@H](O)[C@@H]3O)cc2n1. The molecule has 1 aliphatic rings. The van der Waals surface area contributed by atoms with Gasteiger partial charge in [-0.1, -0.05) is 6.07 Å². The number of aliphatic hydroxyl groups excluding tert-OH is 2. The van der Waals surface area contributed by atoms with Crippen molar-refractivity contribution < 1.29 is 10.2 Å². The third-order valence-electron chi connectivity index (χ3n) is 6.10. The lowest BCUT2D eigenvalue weighted by atomic mass is 9.96. The van der Waals surface area contributed by atoms with Gasteiger partial charge in [0.2, 0.25) is 0 Å². The Labute approximate surface area is 172 Å². The fraction of sp³-hybridized carbons (Fsp3) is 0.333. The number of aliphatic hydroxyl groups is 2. The highest BCUT2D eigenvalue weighted by molar-refractivity contribution is 5.86. The van der Waals surface area contributed by atoms with Gasteiger partial charge in [0.1, 0.15) is 29.7 Å². The number of benzene rings is 1. The summed E-state index contributed by atoms with van der Waals surface area (Å²) in [5.41, 5.74) is 15.0. The van der Waals surface area contributed by atoms with Crippen molar-refractivity contribution in [1.29, 1.82) is 0 Å². The van der Waals surface area contributed by atoms with E-state index in [0.717, 1.165) is 34.8 Å². The molecule has 9 heteroatoms. The molecule has 154 valence electrons. The second kappa shape index (κ2) is 7.19. The summed E-state index contributed by atoms with van der Waals surface area (Å²) in [6.45, 7) is 0. The maximum atomic E-state index is 10.7. The van der Waals surface area contributed by atoms with Crippen LogP contribution in [0.2, 0.25) is 0 Å². The molecule has 0 aliphatic heterocycles. The number of nitrogens with zero attached hydrogens (tertiary/aromatic N) is 5. The fourth-order valence-electron chi connectivity index (χ4n) is 4.50. The number of aryl methyl sites for hydroxylation is 1. The lowest BCUT2D eigenvalue weighted by Gasteiger charge is -2.19. The Hall–Kier alpha value is -3.30. The maximum absolute atomic E-state index is 10.7. The van der Waals surface area contributed by atoms with Gasteiger partial charge in [-0.05, 0) is 48.9 Å². The third kappa shape index (κ3) is 3.12. The average Bonchev–Trinajstić information content (AvgIpc) is 3.29. The summed E-state index contributed by atoms with van der Waals surface area (Å²) in [4.78, 5) is 16.9. The minimum Gasteiger partial charge on any atom is -0.390 e. The Balaban J connectivity index is 1.34. The van der Waals surface area contributed by atoms with Crippen LogP contribution in [0.4, 0.5) is 11.6 Å². The molecule has 1 aliphatic carbocycles. The van der Waals surface area contributed by atoms with Gasteiger partial charge in [0.05, 0.1) is 34.8 Å². The van der Waals surface area contributed by atoms with Crippen molar-refractivity contribution in [2.75, 3.05) is 11.5 Å². The molecule has 4 aromatic rings. The number of hydrogen-bond donors (Lipinski definition) is 4. The van der Waals surface area contributed by atoms with E-state index >= 15 is 0 Å². The minimum absolute atomic E-state index is 0.0377. The molecule has 1 fully saturated rings. The van der Waals surface area contributed by atoms with Crippen LogP contribution in [0.3, 0.4) is 0 Å². The molecule has 0 unspecified atom stereocenters. The van der Waals surface area contributed by atoms with E-state index in [4.69, 9.17) is 11.5 Å². The second-order valence-electron chi connectivity index (χ2n) is 7.92. The molecular weight excluding hydrogens is 382 g/mol. The van der Waals surface area contributed by atoms with Gasteiger partial charge in [0, 0.05) is 6.20 Å². The molecule has 3 heterocycles. The van der Waals surface area contributed by atoms with Gasteiger partial charge < -0.3 is 26.2 Å². The van der Waals surface area contributed by atoms with Crippen molar-refractivity contribution in [1.82, 2.24) is 24.5 Å². The molecule has 5 rings (SSSR count). The van der Waals surface area contributed by atoms with Crippen molar-refractivity contribution in [2.45, 2.75) is 37.5 Å². The first-order valence-electron chi connectivity index (χ1n) is 9.95. The van der Waals surface area contributed by atoms with Gasteiger partial charge in [0.25, 0.3) is 0 Å². The van der Waals surface area contributed by atoms with E-state index in [1.165, 1.54) is 6.33 Å². The number of hydrogen-bond acceptors (Lipinski definition) is 8. The second-order valence-corrected chi connectivity index (χ2v) is 7.92. The number of anilines is 2. The summed E-state index contributed by atoms with van der Waals surface area (Å²) in [5, 5.41) is 22.1. The summed E-state index contributed by atoms with van der Waals surface area (Å²) in [5.74, 6) is 0.757. The van der Waals surface area contributed by atoms with E-state index in [1.54, 1.807) is 6.20 Å². The monoisotopic (exact) mass is 405 g/mol. The standard InChI is InChI=1S/C21H23N7O2/c22-17-9-24-14-4-2-11(7-15(14)27-17)1-3-12-8-16(19(30)18(12)29)28-6-5-13-20(23)25-10-26-21(13)28/h2,4-7,9-10,12,16,18-19,29-30H,1,3,8H2,(H2,22,27)(H2,23,25,26)/t12-,16+,18+,19-/m0/s1. The number of fused-ring (bicyclic) bond motifs is 2. The molecule has 30 heavy (non-hydrogen) atoms. The van der Waals surface area contributed by atoms with Crippen molar-refractivity contribution in [3.05, 3.63) is 48.5 Å². The largest absolute Gasteiger partial charge is 0.390 e. The third-order valence-corrected chi connectivity index (χ3v) is 6.10. The molecule has 3 aromatic heterocycles. The number of nitrogens with two attached hydrogens (primary N) is 2. The van der Waals surface area contributed by atoms with Crippen molar-refractivity contribution in [3.8, 4) is 0 Å². The lowest BCUT2D eigenvalue weighted by Crippen LogP contribution is -2.29. The van der Waals surface area contributed by atoms with Crippen LogP contribution in [0.15, 0.2) is 43.0 Å². The molecule has 0 bridgehead atoms. The van der Waals surface area contributed by atoms with Crippen molar-refractivity contribution >= 4 is 33.7 Å². The van der Waals surface area contributed by atoms with Gasteiger partial charge >= 0.3 is 0 Å². The van der Waals surface area contributed by atoms with Gasteiger partial charge in [0.15, 0.2) is 0 Å². The molecule has 1 saturated carbocycles. The molecule has 1 aromatic carbocycles. The Kier molecular flexibility index (Phi) is 4.48. The van der Waals surface area contributed by atoms with E-state index in [0.29, 0.717) is 23.7 Å². The van der Waals surface area contributed by atoms with Crippen molar-refractivity contribution in [3.63, 3.8) is 0 Å². The van der Waals surface area contributed by atoms with Crippen molar-refractivity contribution in [2.24, 2.45) is 5.92 Å². The number of nitrogen functional groups attached to an aromatic ring is 2. The van der Waals surface area contributed by atoms with Crippen LogP contribution in [-0.4, -0.2) is 46.9 Å². The first-order valence-corrected chi connectivity index (χ1v) is 9.95. The highest BCUT2D eigenvalue weighted by Crippen LogP contribution is 2.39. The normalized spacial score (nSPS) is 24.1. The molecule has 6 N–H and O–H groups in total. The zero-order valence-electron chi connectivity index (χ0n) is 16.3. The Morgan fingerprint density at radius 2 is 1.90 bits per heavy atom. The molecule has 4 atom stereocenters. The Bertz CT molecular complexity index is 1220. The number of aromatic nitrogens is 5. The Morgan fingerprint density at radius 1 is 1.03 bits per heavy atom. The van der Waals surface area contributed by atoms with E-state index < -0.39 is 12.2 Å². The van der Waals surface area contributed by atoms with Crippen LogP contribution in [-0.2, 0) is 6.42 Å². The van der Waals surface area contributed by atoms with Gasteiger partial charge in [-0.25, -0.2) is 15.0 Å². The molecule has 0 saturated heterocycles. The predicted octanol–water partition coefficient (Wildman–Crippen LogP) is 1.45. The van der Waals surface area contributed by atoms with Gasteiger partial charge in [-0.2, -0.15) is 0 Å². The predicted molar refractivity (Wildman–Crippen MR) is 113 cm³/mol. The summed E-state index contributed by atoms with van der Waals surface area (Å²) < 4.78 is 1.90. The van der Waals surface area contributed by atoms with E-state index in [1.807, 2.05) is 35.0 Å². The van der Waals surface area contributed by atoms with Crippen LogP contribution in [0.25, 0.3) is 22.1 Å². The zero-order chi connectivity index (χ0) is 20.8. The summed E-state index contributed by atoms with van der Waals surface area (Å²) in [7, 11) is 0.